The van der Waals surface area contributed by atoms with Crippen molar-refractivity contribution in [3.05, 3.63) is 35.9 Å². The summed E-state index contributed by atoms with van der Waals surface area (Å²) in [6.07, 6.45) is 0. The van der Waals surface area contributed by atoms with Crippen LogP contribution in [-0.4, -0.2) is 63.5 Å². The number of aromatic nitrogens is 2. The molecule has 2 aromatic rings. The molecule has 150 valence electrons. The Morgan fingerprint density at radius 2 is 1.61 bits per heavy atom. The van der Waals surface area contributed by atoms with Crippen molar-refractivity contribution in [2.24, 2.45) is 0 Å². The lowest BCUT2D eigenvalue weighted by Crippen LogP contribution is -2.36. The minimum Gasteiger partial charge on any atom is -0.481 e. The zero-order valence-corrected chi connectivity index (χ0v) is 16.4. The first kappa shape index (κ1) is 20.9. The van der Waals surface area contributed by atoms with Crippen molar-refractivity contribution in [2.45, 2.75) is 4.90 Å². The number of hydrogen-bond donors (Lipinski definition) is 2. The van der Waals surface area contributed by atoms with E-state index in [2.05, 4.69) is 15.3 Å². The zero-order valence-electron chi connectivity index (χ0n) is 15.6. The van der Waals surface area contributed by atoms with Gasteiger partial charge >= 0.3 is 6.03 Å². The van der Waals surface area contributed by atoms with Gasteiger partial charge < -0.3 is 14.4 Å². The number of methoxy groups -OCH3 is 2. The van der Waals surface area contributed by atoms with Crippen molar-refractivity contribution in [1.82, 2.24) is 19.6 Å². The number of amides is 3. The summed E-state index contributed by atoms with van der Waals surface area (Å²) in [4.78, 5) is 33.0. The Balaban J connectivity index is 2.26. The quantitative estimate of drug-likeness (QED) is 0.711. The maximum atomic E-state index is 12.6. The predicted octanol–water partition coefficient (Wildman–Crippen LogP) is 0.706. The molecule has 0 spiro atoms. The lowest BCUT2D eigenvalue weighted by Gasteiger charge is -2.15. The number of hydrogen-bond acceptors (Lipinski definition) is 8. The summed E-state index contributed by atoms with van der Waals surface area (Å²) in [5.74, 6) is -0.553. The number of ether oxygens (including phenoxy) is 2. The standard InChI is InChI=1S/C16H19N5O6S/c1-21(2)14(22)10-7-5-6-8-11(10)28(24,25)20-16(23)19-15-17-12(26-3)9-13(18-15)27-4/h5-9H,1-4H3,(H2,17,18,19,20,23). The molecule has 0 aliphatic carbocycles. The fourth-order valence-electron chi connectivity index (χ4n) is 2.09. The van der Waals surface area contributed by atoms with Gasteiger partial charge in [-0.2, -0.15) is 9.97 Å². The molecule has 0 unspecified atom stereocenters. The van der Waals surface area contributed by atoms with Gasteiger partial charge in [0.25, 0.3) is 15.9 Å². The highest BCUT2D eigenvalue weighted by Gasteiger charge is 2.25. The Morgan fingerprint density at radius 3 is 2.14 bits per heavy atom. The van der Waals surface area contributed by atoms with Gasteiger partial charge in [-0.25, -0.2) is 17.9 Å². The predicted molar refractivity (Wildman–Crippen MR) is 98.9 cm³/mol. The van der Waals surface area contributed by atoms with E-state index in [0.29, 0.717) is 0 Å². The van der Waals surface area contributed by atoms with E-state index in [1.807, 2.05) is 4.72 Å². The fraction of sp³-hybridized carbons (Fsp3) is 0.250. The van der Waals surface area contributed by atoms with E-state index in [9.17, 15) is 18.0 Å². The van der Waals surface area contributed by atoms with Crippen molar-refractivity contribution < 1.29 is 27.5 Å². The summed E-state index contributed by atoms with van der Waals surface area (Å²) in [5.41, 5.74) is -0.0768. The molecule has 2 rings (SSSR count). The van der Waals surface area contributed by atoms with Gasteiger partial charge in [0.05, 0.1) is 25.8 Å². The highest BCUT2D eigenvalue weighted by Crippen LogP contribution is 2.19. The third-order valence-corrected chi connectivity index (χ3v) is 4.75. The third-order valence-electron chi connectivity index (χ3n) is 3.36. The third kappa shape index (κ3) is 4.85. The van der Waals surface area contributed by atoms with Gasteiger partial charge in [-0.3, -0.25) is 10.1 Å². The molecule has 11 nitrogen and oxygen atoms in total. The number of benzene rings is 1. The minimum absolute atomic E-state index is 0.0768. The number of rotatable bonds is 6. The lowest BCUT2D eigenvalue weighted by molar-refractivity contribution is 0.0824. The van der Waals surface area contributed by atoms with E-state index >= 15 is 0 Å². The molecule has 28 heavy (non-hydrogen) atoms. The molecule has 0 fully saturated rings. The van der Waals surface area contributed by atoms with Gasteiger partial charge in [-0.05, 0) is 12.1 Å². The van der Waals surface area contributed by atoms with Crippen LogP contribution in [0, 0.1) is 0 Å². The Morgan fingerprint density at radius 1 is 1.04 bits per heavy atom. The summed E-state index contributed by atoms with van der Waals surface area (Å²) in [7, 11) is 1.34. The summed E-state index contributed by atoms with van der Waals surface area (Å²) >= 11 is 0. The number of carbonyl (C=O) groups is 2. The average molecular weight is 409 g/mol. The van der Waals surface area contributed by atoms with Crippen LogP contribution in [0.4, 0.5) is 10.7 Å². The monoisotopic (exact) mass is 409 g/mol. The normalized spacial score (nSPS) is 10.7. The largest absolute Gasteiger partial charge is 0.481 e. The maximum absolute atomic E-state index is 12.6. The van der Waals surface area contributed by atoms with Crippen LogP contribution >= 0.6 is 0 Å². The van der Waals surface area contributed by atoms with E-state index in [1.165, 1.54) is 63.5 Å². The van der Waals surface area contributed by atoms with Crippen molar-refractivity contribution in [3.63, 3.8) is 0 Å². The molecule has 0 saturated carbocycles. The van der Waals surface area contributed by atoms with Crippen LogP contribution in [0.15, 0.2) is 35.2 Å². The number of nitrogens with one attached hydrogen (secondary N) is 2. The number of carbonyl (C=O) groups excluding carboxylic acids is 2. The van der Waals surface area contributed by atoms with E-state index in [0.717, 1.165) is 0 Å². The smallest absolute Gasteiger partial charge is 0.335 e. The first-order valence-electron chi connectivity index (χ1n) is 7.79. The molecule has 12 heteroatoms. The molecule has 0 saturated heterocycles. The molecule has 2 N–H and O–H groups in total. The second-order valence-electron chi connectivity index (χ2n) is 5.53. The highest BCUT2D eigenvalue weighted by molar-refractivity contribution is 7.90. The topological polar surface area (TPSA) is 140 Å². The second-order valence-corrected chi connectivity index (χ2v) is 7.18. The molecule has 0 aliphatic heterocycles. The number of sulfonamides is 1. The van der Waals surface area contributed by atoms with Crippen LogP contribution in [0.25, 0.3) is 0 Å². The Labute approximate surface area is 161 Å². The minimum atomic E-state index is -4.35. The van der Waals surface area contributed by atoms with Gasteiger partial charge in [-0.15, -0.1) is 0 Å². The van der Waals surface area contributed by atoms with E-state index in [-0.39, 0.29) is 28.2 Å². The molecular formula is C16H19N5O6S. The highest BCUT2D eigenvalue weighted by atomic mass is 32.2. The molecular weight excluding hydrogens is 390 g/mol. The summed E-state index contributed by atoms with van der Waals surface area (Å²) in [6, 6.07) is 5.79. The Hall–Kier alpha value is -3.41. The van der Waals surface area contributed by atoms with Crippen molar-refractivity contribution in [2.75, 3.05) is 33.6 Å². The van der Waals surface area contributed by atoms with Crippen LogP contribution in [0.2, 0.25) is 0 Å². The van der Waals surface area contributed by atoms with E-state index < -0.39 is 22.0 Å². The number of urea groups is 1. The number of nitrogens with zero attached hydrogens (tertiary/aromatic N) is 3. The van der Waals surface area contributed by atoms with Crippen LogP contribution in [0.3, 0.4) is 0 Å². The summed E-state index contributed by atoms with van der Waals surface area (Å²) in [6.45, 7) is 0. The van der Waals surface area contributed by atoms with Gasteiger partial charge in [0.1, 0.15) is 4.90 Å². The molecule has 0 radical (unpaired) electrons. The second kappa shape index (κ2) is 8.52. The van der Waals surface area contributed by atoms with Crippen molar-refractivity contribution in [1.29, 1.82) is 0 Å². The fourth-order valence-corrected chi connectivity index (χ4v) is 3.20. The number of anilines is 1. The lowest BCUT2D eigenvalue weighted by atomic mass is 10.2. The Bertz CT molecular complexity index is 971. The Kier molecular flexibility index (Phi) is 6.36. The van der Waals surface area contributed by atoms with Gasteiger partial charge in [-0.1, -0.05) is 12.1 Å². The molecule has 1 aromatic carbocycles. The van der Waals surface area contributed by atoms with Gasteiger partial charge in [0, 0.05) is 14.1 Å². The van der Waals surface area contributed by atoms with Gasteiger partial charge in [0.2, 0.25) is 17.7 Å². The SMILES string of the molecule is COc1cc(OC)nc(NC(=O)NS(=O)(=O)c2ccccc2C(=O)N(C)C)n1. The van der Waals surface area contributed by atoms with Crippen LogP contribution in [0.1, 0.15) is 10.4 Å². The molecule has 3 amide bonds. The van der Waals surface area contributed by atoms with Crippen molar-refractivity contribution >= 4 is 27.9 Å². The van der Waals surface area contributed by atoms with Crippen molar-refractivity contribution in [3.8, 4) is 11.8 Å². The van der Waals surface area contributed by atoms with E-state index in [4.69, 9.17) is 9.47 Å². The molecule has 1 heterocycles. The maximum Gasteiger partial charge on any atom is 0.335 e. The van der Waals surface area contributed by atoms with Crippen LogP contribution in [-0.2, 0) is 10.0 Å². The van der Waals surface area contributed by atoms with Crippen LogP contribution < -0.4 is 19.5 Å². The van der Waals surface area contributed by atoms with E-state index in [1.54, 1.807) is 0 Å². The molecule has 0 aliphatic rings. The molecule has 0 atom stereocenters. The average Bonchev–Trinajstić information content (AvgIpc) is 2.66. The first-order valence-corrected chi connectivity index (χ1v) is 9.27. The molecule has 1 aromatic heterocycles. The van der Waals surface area contributed by atoms with Gasteiger partial charge in [0.15, 0.2) is 0 Å². The summed E-state index contributed by atoms with van der Waals surface area (Å²) < 4.78 is 36.9. The van der Waals surface area contributed by atoms with Crippen LogP contribution in [0.5, 0.6) is 11.8 Å². The first-order chi connectivity index (χ1) is 13.2. The zero-order chi connectivity index (χ0) is 20.9. The summed E-state index contributed by atoms with van der Waals surface area (Å²) in [5, 5.41) is 2.18. The molecule has 0 bridgehead atoms.